The molecule has 0 radical (unpaired) electrons. The Morgan fingerprint density at radius 3 is 3.00 bits per heavy atom. The second-order valence-corrected chi connectivity index (χ2v) is 6.34. The lowest BCUT2D eigenvalue weighted by atomic mass is 9.99. The van der Waals surface area contributed by atoms with Crippen molar-refractivity contribution in [1.29, 1.82) is 0 Å². The highest BCUT2D eigenvalue weighted by atomic mass is 16.6. The van der Waals surface area contributed by atoms with Crippen LogP contribution in [0.2, 0.25) is 0 Å². The molecule has 1 aromatic rings. The van der Waals surface area contributed by atoms with Crippen LogP contribution in [0, 0.1) is 0 Å². The zero-order valence-electron chi connectivity index (χ0n) is 13.8. The molecule has 1 aromatic carbocycles. The molecule has 1 saturated heterocycles. The summed E-state index contributed by atoms with van der Waals surface area (Å²) in [5.74, 6) is -0.350. The third-order valence-corrected chi connectivity index (χ3v) is 4.85. The number of rotatable bonds is 4. The van der Waals surface area contributed by atoms with Crippen LogP contribution in [0.5, 0.6) is 0 Å². The van der Waals surface area contributed by atoms with Gasteiger partial charge in [-0.2, -0.15) is 0 Å². The molecule has 2 aliphatic heterocycles. The molecule has 3 rings (SSSR count). The van der Waals surface area contributed by atoms with Crippen LogP contribution in [0.3, 0.4) is 0 Å². The van der Waals surface area contributed by atoms with Crippen LogP contribution in [-0.2, 0) is 14.3 Å². The van der Waals surface area contributed by atoms with Gasteiger partial charge in [0.25, 0.3) is 0 Å². The molecule has 0 aliphatic carbocycles. The van der Waals surface area contributed by atoms with E-state index in [1.807, 2.05) is 30.3 Å². The van der Waals surface area contributed by atoms with Crippen LogP contribution in [0.4, 0.5) is 0 Å². The van der Waals surface area contributed by atoms with E-state index in [1.165, 1.54) is 20.0 Å². The van der Waals surface area contributed by atoms with Gasteiger partial charge in [-0.3, -0.25) is 4.99 Å². The summed E-state index contributed by atoms with van der Waals surface area (Å²) in [6.07, 6.45) is 5.31. The maximum Gasteiger partial charge on any atom is 0.344 e. The fourth-order valence-electron chi connectivity index (χ4n) is 3.23. The molecule has 1 fully saturated rings. The molecule has 2 atom stereocenters. The van der Waals surface area contributed by atoms with Gasteiger partial charge in [0.2, 0.25) is 5.60 Å². The van der Waals surface area contributed by atoms with Gasteiger partial charge in [-0.05, 0) is 43.8 Å². The predicted molar refractivity (Wildman–Crippen MR) is 87.5 cm³/mol. The molecule has 0 amide bonds. The van der Waals surface area contributed by atoms with Crippen molar-refractivity contribution in [2.24, 2.45) is 4.99 Å². The molecule has 2 heterocycles. The summed E-state index contributed by atoms with van der Waals surface area (Å²) in [5, 5.41) is 1.80. The van der Waals surface area contributed by atoms with Crippen LogP contribution in [0.1, 0.15) is 19.3 Å². The van der Waals surface area contributed by atoms with Crippen LogP contribution < -0.4 is 10.6 Å². The van der Waals surface area contributed by atoms with Gasteiger partial charge in [0.15, 0.2) is 0 Å². The van der Waals surface area contributed by atoms with E-state index in [-0.39, 0.29) is 12.5 Å². The minimum absolute atomic E-state index is 0.264. The summed E-state index contributed by atoms with van der Waals surface area (Å²) < 4.78 is 11.1. The zero-order chi connectivity index (χ0) is 16.3. The molecule has 5 heteroatoms. The van der Waals surface area contributed by atoms with Gasteiger partial charge in [-0.15, -0.1) is 0 Å². The highest BCUT2D eigenvalue weighted by Crippen LogP contribution is 2.19. The van der Waals surface area contributed by atoms with Gasteiger partial charge in [0.1, 0.15) is 6.61 Å². The Morgan fingerprint density at radius 2 is 2.22 bits per heavy atom. The lowest BCUT2D eigenvalue weighted by Crippen LogP contribution is -2.50. The molecule has 2 aliphatic rings. The number of fused-ring (bicyclic) bond motifs is 1. The lowest BCUT2D eigenvalue weighted by Gasteiger charge is -2.33. The second kappa shape index (κ2) is 6.81. The number of para-hydroxylation sites is 1. The third kappa shape index (κ3) is 3.31. The maximum atomic E-state index is 12.7. The standard InChI is InChI=1S/C18H24N2O3/c1-20-10-6-5-8-15(20)12-23-17(21)18(22-2)11-14-7-3-4-9-16(14)19-13-18/h3-4,7,9,11,15H,5-6,8,10,12-13H2,1-2H3. The number of piperidine rings is 1. The first-order chi connectivity index (χ1) is 11.1. The second-order valence-electron chi connectivity index (χ2n) is 6.34. The number of likely N-dealkylation sites (tertiary alicyclic amines) is 1. The Kier molecular flexibility index (Phi) is 4.78. The van der Waals surface area contributed by atoms with Crippen molar-refractivity contribution in [3.8, 4) is 0 Å². The van der Waals surface area contributed by atoms with E-state index < -0.39 is 5.60 Å². The van der Waals surface area contributed by atoms with Crippen LogP contribution in [-0.4, -0.2) is 56.4 Å². The van der Waals surface area contributed by atoms with Gasteiger partial charge in [-0.1, -0.05) is 24.6 Å². The van der Waals surface area contributed by atoms with Gasteiger partial charge in [-0.25, -0.2) is 4.79 Å². The topological polar surface area (TPSA) is 51.1 Å². The molecule has 124 valence electrons. The van der Waals surface area contributed by atoms with Crippen molar-refractivity contribution in [3.63, 3.8) is 0 Å². The van der Waals surface area contributed by atoms with E-state index in [0.717, 1.165) is 23.5 Å². The number of carbonyl (C=O) groups is 1. The Labute approximate surface area is 136 Å². The summed E-state index contributed by atoms with van der Waals surface area (Å²) in [6, 6.07) is 8.04. The Morgan fingerprint density at radius 1 is 1.39 bits per heavy atom. The van der Waals surface area contributed by atoms with Gasteiger partial charge < -0.3 is 14.4 Å². The Hall–Kier alpha value is -1.72. The summed E-state index contributed by atoms with van der Waals surface area (Å²) in [4.78, 5) is 19.4. The number of esters is 1. The number of likely N-dealkylation sites (N-methyl/N-ethyl adjacent to an activating group) is 1. The summed E-state index contributed by atoms with van der Waals surface area (Å²) >= 11 is 0. The zero-order valence-corrected chi connectivity index (χ0v) is 13.8. The van der Waals surface area contributed by atoms with Crippen molar-refractivity contribution in [1.82, 2.24) is 4.90 Å². The molecule has 0 saturated carbocycles. The average molecular weight is 316 g/mol. The minimum atomic E-state index is -1.11. The first kappa shape index (κ1) is 16.1. The van der Waals surface area contributed by atoms with Crippen LogP contribution >= 0.6 is 0 Å². The summed E-state index contributed by atoms with van der Waals surface area (Å²) in [6.45, 7) is 1.74. The molecule has 2 unspecified atom stereocenters. The molecule has 0 aromatic heterocycles. The summed E-state index contributed by atoms with van der Waals surface area (Å²) in [5.41, 5.74) is -1.11. The fraction of sp³-hybridized carbons (Fsp3) is 0.556. The highest BCUT2D eigenvalue weighted by Gasteiger charge is 2.39. The number of benzene rings is 1. The van der Waals surface area contributed by atoms with Crippen molar-refractivity contribution < 1.29 is 14.3 Å². The van der Waals surface area contributed by atoms with Crippen molar-refractivity contribution in [2.75, 3.05) is 33.9 Å². The number of hydrogen-bond donors (Lipinski definition) is 0. The maximum absolute atomic E-state index is 12.7. The molecule has 5 nitrogen and oxygen atoms in total. The number of nitrogens with zero attached hydrogens (tertiary/aromatic N) is 2. The average Bonchev–Trinajstić information content (AvgIpc) is 2.60. The highest BCUT2D eigenvalue weighted by molar-refractivity contribution is 5.88. The molecule has 0 bridgehead atoms. The molecular formula is C18H24N2O3. The number of hydrogen-bond acceptors (Lipinski definition) is 5. The van der Waals surface area contributed by atoms with Gasteiger partial charge in [0, 0.05) is 13.2 Å². The normalized spacial score (nSPS) is 27.5. The van der Waals surface area contributed by atoms with Crippen molar-refractivity contribution in [2.45, 2.75) is 30.9 Å². The largest absolute Gasteiger partial charge is 0.462 e. The van der Waals surface area contributed by atoms with Crippen LogP contribution in [0.25, 0.3) is 6.08 Å². The smallest absolute Gasteiger partial charge is 0.344 e. The summed E-state index contributed by atoms with van der Waals surface area (Å²) in [7, 11) is 3.62. The van der Waals surface area contributed by atoms with E-state index in [9.17, 15) is 4.79 Å². The van der Waals surface area contributed by atoms with E-state index in [1.54, 1.807) is 0 Å². The Bertz CT molecular complexity index is 688. The monoisotopic (exact) mass is 316 g/mol. The first-order valence-corrected chi connectivity index (χ1v) is 8.20. The van der Waals surface area contributed by atoms with Gasteiger partial charge in [0.05, 0.1) is 11.9 Å². The minimum Gasteiger partial charge on any atom is -0.462 e. The van der Waals surface area contributed by atoms with E-state index in [2.05, 4.69) is 16.9 Å². The molecule has 0 N–H and O–H groups in total. The number of carbonyl (C=O) groups excluding carboxylic acids is 1. The number of ether oxygens (including phenoxy) is 2. The third-order valence-electron chi connectivity index (χ3n) is 4.85. The molecule has 0 spiro atoms. The van der Waals surface area contributed by atoms with Gasteiger partial charge >= 0.3 is 5.97 Å². The van der Waals surface area contributed by atoms with Crippen molar-refractivity contribution >= 4 is 12.0 Å². The SMILES string of the molecule is COC1(C(=O)OCC2CCCCN2C)C=c2ccccc2=NC1. The Balaban J connectivity index is 1.73. The predicted octanol–water partition coefficient (Wildman–Crippen LogP) is 0.513. The van der Waals surface area contributed by atoms with Crippen LogP contribution in [0.15, 0.2) is 29.3 Å². The van der Waals surface area contributed by atoms with E-state index >= 15 is 0 Å². The molecular weight excluding hydrogens is 292 g/mol. The quantitative estimate of drug-likeness (QED) is 0.760. The van der Waals surface area contributed by atoms with E-state index in [0.29, 0.717) is 12.6 Å². The molecule has 23 heavy (non-hydrogen) atoms. The fourth-order valence-corrected chi connectivity index (χ4v) is 3.23. The lowest BCUT2D eigenvalue weighted by molar-refractivity contribution is -0.162. The van der Waals surface area contributed by atoms with E-state index in [4.69, 9.17) is 9.47 Å². The van der Waals surface area contributed by atoms with Crippen molar-refractivity contribution in [3.05, 3.63) is 34.8 Å². The number of methoxy groups -OCH3 is 1. The first-order valence-electron chi connectivity index (χ1n) is 8.20.